The third-order valence-electron chi connectivity index (χ3n) is 4.06. The Balaban J connectivity index is 1.98. The summed E-state index contributed by atoms with van der Waals surface area (Å²) in [5, 5.41) is 1.51. The zero-order valence-electron chi connectivity index (χ0n) is 13.4. The highest BCUT2D eigenvalue weighted by molar-refractivity contribution is 7.61. The van der Waals surface area contributed by atoms with Crippen molar-refractivity contribution in [2.24, 2.45) is 0 Å². The predicted molar refractivity (Wildman–Crippen MR) is 98.9 cm³/mol. The third kappa shape index (κ3) is 3.34. The minimum atomic E-state index is -1.72. The van der Waals surface area contributed by atoms with Gasteiger partial charge in [0.2, 0.25) is 0 Å². The summed E-state index contributed by atoms with van der Waals surface area (Å²) in [5.74, 6) is -0.300. The molecule has 3 heteroatoms. The van der Waals surface area contributed by atoms with Crippen LogP contribution in [-0.4, -0.2) is 5.78 Å². The molecule has 24 heavy (non-hydrogen) atoms. The summed E-state index contributed by atoms with van der Waals surface area (Å²) in [6, 6.07) is 26.1. The minimum absolute atomic E-state index is 0.0412. The molecule has 3 rings (SSSR count). The van der Waals surface area contributed by atoms with Crippen LogP contribution < -0.4 is 10.6 Å². The van der Waals surface area contributed by atoms with Crippen LogP contribution in [0.25, 0.3) is 0 Å². The Morgan fingerprint density at radius 1 is 0.792 bits per heavy atom. The van der Waals surface area contributed by atoms with Crippen LogP contribution in [0.15, 0.2) is 84.9 Å². The van der Waals surface area contributed by atoms with E-state index < -0.39 is 7.80 Å². The van der Waals surface area contributed by atoms with E-state index in [0.29, 0.717) is 5.56 Å². The first-order valence-corrected chi connectivity index (χ1v) is 9.15. The van der Waals surface area contributed by atoms with E-state index in [1.54, 1.807) is 0 Å². The van der Waals surface area contributed by atoms with Gasteiger partial charge in [0.1, 0.15) is 0 Å². The molecule has 0 heterocycles. The van der Waals surface area contributed by atoms with Crippen molar-refractivity contribution in [3.8, 4) is 0 Å². The SMILES string of the molecule is CC(C(=O)c1ccccc1)c1ccccc1[P+](=O)c1ccccc1. The molecule has 0 fully saturated rings. The zero-order valence-corrected chi connectivity index (χ0v) is 14.3. The van der Waals surface area contributed by atoms with Crippen molar-refractivity contribution in [1.29, 1.82) is 0 Å². The van der Waals surface area contributed by atoms with E-state index in [0.717, 1.165) is 16.2 Å². The van der Waals surface area contributed by atoms with Crippen LogP contribution in [0, 0.1) is 0 Å². The summed E-state index contributed by atoms with van der Waals surface area (Å²) in [7, 11) is -1.72. The molecule has 2 nitrogen and oxygen atoms in total. The number of rotatable bonds is 5. The average Bonchev–Trinajstić information content (AvgIpc) is 2.67. The number of hydrogen-bond donors (Lipinski definition) is 0. The van der Waals surface area contributed by atoms with E-state index in [2.05, 4.69) is 0 Å². The van der Waals surface area contributed by atoms with Gasteiger partial charge in [-0.3, -0.25) is 4.79 Å². The van der Waals surface area contributed by atoms with E-state index >= 15 is 0 Å². The van der Waals surface area contributed by atoms with Gasteiger partial charge in [0.05, 0.1) is 0 Å². The maximum atomic E-state index is 13.0. The molecule has 0 aliphatic rings. The molecule has 0 spiro atoms. The molecule has 0 bridgehead atoms. The lowest BCUT2D eigenvalue weighted by molar-refractivity contribution is 0.0966. The van der Waals surface area contributed by atoms with Gasteiger partial charge in [-0.15, -0.1) is 0 Å². The summed E-state index contributed by atoms with van der Waals surface area (Å²) in [6.45, 7) is 1.88. The van der Waals surface area contributed by atoms with Crippen LogP contribution in [0.3, 0.4) is 0 Å². The summed E-state index contributed by atoms with van der Waals surface area (Å²) in [6.07, 6.45) is 0. The molecule has 0 aromatic heterocycles. The largest absolute Gasteiger partial charge is 0.415 e. The van der Waals surface area contributed by atoms with Gasteiger partial charge in [-0.25, -0.2) is 0 Å². The molecule has 0 aliphatic carbocycles. The fraction of sp³-hybridized carbons (Fsp3) is 0.0952. The van der Waals surface area contributed by atoms with E-state index in [4.69, 9.17) is 0 Å². The second-order valence-electron chi connectivity index (χ2n) is 5.64. The molecule has 118 valence electrons. The molecule has 0 amide bonds. The molecule has 2 atom stereocenters. The molecule has 0 saturated carbocycles. The number of benzene rings is 3. The van der Waals surface area contributed by atoms with Gasteiger partial charge in [0.15, 0.2) is 16.4 Å². The van der Waals surface area contributed by atoms with E-state index in [9.17, 15) is 9.36 Å². The lowest BCUT2D eigenvalue weighted by Crippen LogP contribution is -2.18. The fourth-order valence-corrected chi connectivity index (χ4v) is 4.18. The Morgan fingerprint density at radius 2 is 1.33 bits per heavy atom. The Morgan fingerprint density at radius 3 is 2.00 bits per heavy atom. The van der Waals surface area contributed by atoms with Crippen molar-refractivity contribution >= 4 is 24.2 Å². The summed E-state index contributed by atoms with van der Waals surface area (Å²) < 4.78 is 13.0. The van der Waals surface area contributed by atoms with E-state index in [-0.39, 0.29) is 11.7 Å². The normalized spacial score (nSPS) is 12.5. The Bertz CT molecular complexity index is 857. The van der Waals surface area contributed by atoms with Crippen LogP contribution in [-0.2, 0) is 4.57 Å². The lowest BCUT2D eigenvalue weighted by Gasteiger charge is -2.11. The van der Waals surface area contributed by atoms with E-state index in [1.807, 2.05) is 91.9 Å². The second kappa shape index (κ2) is 7.33. The van der Waals surface area contributed by atoms with Gasteiger partial charge in [-0.1, -0.05) is 78.2 Å². The van der Waals surface area contributed by atoms with Crippen LogP contribution in [0.4, 0.5) is 0 Å². The van der Waals surface area contributed by atoms with Crippen LogP contribution in [0.5, 0.6) is 0 Å². The van der Waals surface area contributed by atoms with Gasteiger partial charge < -0.3 is 0 Å². The maximum Gasteiger partial charge on any atom is 0.415 e. The Hall–Kier alpha value is -2.57. The molecule has 0 N–H and O–H groups in total. The van der Waals surface area contributed by atoms with Crippen LogP contribution >= 0.6 is 7.80 Å². The van der Waals surface area contributed by atoms with Crippen LogP contribution in [0.1, 0.15) is 28.8 Å². The first kappa shape index (κ1) is 16.3. The summed E-state index contributed by atoms with van der Waals surface area (Å²) in [4.78, 5) is 12.8. The lowest BCUT2D eigenvalue weighted by atomic mass is 9.92. The van der Waals surface area contributed by atoms with Crippen molar-refractivity contribution in [2.45, 2.75) is 12.8 Å². The highest BCUT2D eigenvalue weighted by atomic mass is 31.1. The molecule has 3 aromatic carbocycles. The highest BCUT2D eigenvalue weighted by Gasteiger charge is 2.30. The van der Waals surface area contributed by atoms with Crippen molar-refractivity contribution in [3.63, 3.8) is 0 Å². The number of ketones is 1. The van der Waals surface area contributed by atoms with Crippen LogP contribution in [0.2, 0.25) is 0 Å². The standard InChI is InChI=1S/C21H18O2P/c1-16(21(22)17-10-4-2-5-11-17)19-14-8-9-15-20(19)24(23)18-12-6-3-7-13-18/h2-16H,1H3/q+1. The molecule has 0 aliphatic heterocycles. The summed E-state index contributed by atoms with van der Waals surface area (Å²) >= 11 is 0. The number of Topliss-reactive ketones (excluding diaryl/α,β-unsaturated/α-hetero) is 1. The number of carbonyl (C=O) groups excluding carboxylic acids is 1. The second-order valence-corrected chi connectivity index (χ2v) is 7.23. The topological polar surface area (TPSA) is 34.1 Å². The van der Waals surface area contributed by atoms with Crippen molar-refractivity contribution in [2.75, 3.05) is 0 Å². The third-order valence-corrected chi connectivity index (χ3v) is 5.68. The fourth-order valence-electron chi connectivity index (χ4n) is 2.73. The molecule has 0 saturated heterocycles. The van der Waals surface area contributed by atoms with E-state index in [1.165, 1.54) is 0 Å². The van der Waals surface area contributed by atoms with Gasteiger partial charge in [-0.05, 0) is 18.2 Å². The Kier molecular flexibility index (Phi) is 4.98. The predicted octanol–water partition coefficient (Wildman–Crippen LogP) is 4.45. The Labute approximate surface area is 143 Å². The molecule has 0 radical (unpaired) electrons. The molecule has 3 aromatic rings. The quantitative estimate of drug-likeness (QED) is 0.510. The van der Waals surface area contributed by atoms with Gasteiger partial charge in [0, 0.05) is 17.0 Å². The minimum Gasteiger partial charge on any atom is -0.294 e. The molecular formula is C21H18O2P+. The van der Waals surface area contributed by atoms with Gasteiger partial charge >= 0.3 is 7.80 Å². The van der Waals surface area contributed by atoms with Crippen molar-refractivity contribution < 1.29 is 9.36 Å². The molecular weight excluding hydrogens is 315 g/mol. The monoisotopic (exact) mass is 333 g/mol. The zero-order chi connectivity index (χ0) is 16.9. The summed E-state index contributed by atoms with van der Waals surface area (Å²) in [5.41, 5.74) is 1.51. The van der Waals surface area contributed by atoms with Crippen molar-refractivity contribution in [1.82, 2.24) is 0 Å². The smallest absolute Gasteiger partial charge is 0.294 e. The number of carbonyl (C=O) groups is 1. The van der Waals surface area contributed by atoms with Gasteiger partial charge in [-0.2, -0.15) is 0 Å². The first-order chi connectivity index (χ1) is 11.7. The van der Waals surface area contributed by atoms with Crippen molar-refractivity contribution in [3.05, 3.63) is 96.1 Å². The van der Waals surface area contributed by atoms with Gasteiger partial charge in [0.25, 0.3) is 0 Å². The average molecular weight is 333 g/mol. The number of hydrogen-bond acceptors (Lipinski definition) is 2. The first-order valence-electron chi connectivity index (χ1n) is 7.89. The maximum absolute atomic E-state index is 13.0. The molecule has 2 unspecified atom stereocenters. The highest BCUT2D eigenvalue weighted by Crippen LogP contribution is 2.27.